The molecule has 0 radical (unpaired) electrons. The fraction of sp³-hybridized carbons (Fsp3) is 0.375. The molecule has 1 aromatic heterocycles. The summed E-state index contributed by atoms with van der Waals surface area (Å²) in [5, 5.41) is 16.9. The second-order valence-electron chi connectivity index (χ2n) is 5.51. The van der Waals surface area contributed by atoms with Gasteiger partial charge in [0.1, 0.15) is 11.5 Å². The number of halogens is 1. The van der Waals surface area contributed by atoms with Gasteiger partial charge in [0, 0.05) is 13.6 Å². The third-order valence-electron chi connectivity index (χ3n) is 3.41. The number of hydrogen-bond acceptors (Lipinski definition) is 3. The number of carbonyl (C=O) groups excluding carboxylic acids is 1. The van der Waals surface area contributed by atoms with Gasteiger partial charge in [0.15, 0.2) is 0 Å². The second-order valence-corrected chi connectivity index (χ2v) is 5.51. The van der Waals surface area contributed by atoms with E-state index >= 15 is 0 Å². The highest BCUT2D eigenvalue weighted by Crippen LogP contribution is 2.15. The van der Waals surface area contributed by atoms with Crippen LogP contribution in [0.4, 0.5) is 4.39 Å². The Balaban J connectivity index is 2.01. The molecule has 5 nitrogen and oxygen atoms in total. The molecule has 1 heterocycles. The summed E-state index contributed by atoms with van der Waals surface area (Å²) in [5.74, 6) is -0.515. The minimum atomic E-state index is -0.961. The average molecular weight is 305 g/mol. The van der Waals surface area contributed by atoms with Crippen LogP contribution in [0.25, 0.3) is 0 Å². The molecule has 1 unspecified atom stereocenters. The first kappa shape index (κ1) is 16.2. The van der Waals surface area contributed by atoms with Crippen LogP contribution in [0.15, 0.2) is 30.3 Å². The number of rotatable bonds is 5. The lowest BCUT2D eigenvalue weighted by Crippen LogP contribution is -2.29. The molecule has 2 N–H and O–H groups in total. The second kappa shape index (κ2) is 6.70. The van der Waals surface area contributed by atoms with Gasteiger partial charge in [0.05, 0.1) is 11.8 Å². The standard InChI is InChI=1S/C16H20FN3O2/c1-10(2)13-8-14(20(3)19-13)16(22)18-9-15(21)11-5-4-6-12(17)7-11/h4-8,10,15,21H,9H2,1-3H3,(H,18,22). The summed E-state index contributed by atoms with van der Waals surface area (Å²) in [6, 6.07) is 7.41. The Kier molecular flexibility index (Phi) is 4.92. The normalized spacial score (nSPS) is 12.5. The zero-order valence-electron chi connectivity index (χ0n) is 12.9. The van der Waals surface area contributed by atoms with Crippen molar-refractivity contribution in [2.45, 2.75) is 25.9 Å². The molecule has 2 aromatic rings. The fourth-order valence-corrected chi connectivity index (χ4v) is 2.10. The van der Waals surface area contributed by atoms with Gasteiger partial charge < -0.3 is 10.4 Å². The van der Waals surface area contributed by atoms with Crippen LogP contribution < -0.4 is 5.32 Å². The van der Waals surface area contributed by atoms with Crippen LogP contribution in [-0.2, 0) is 7.05 Å². The van der Waals surface area contributed by atoms with Crippen molar-refractivity contribution in [3.8, 4) is 0 Å². The molecule has 0 aliphatic rings. The van der Waals surface area contributed by atoms with Crippen LogP contribution in [0.3, 0.4) is 0 Å². The third kappa shape index (κ3) is 3.71. The number of aliphatic hydroxyl groups excluding tert-OH is 1. The molecule has 0 fully saturated rings. The van der Waals surface area contributed by atoms with Gasteiger partial charge in [-0.25, -0.2) is 4.39 Å². The first-order chi connectivity index (χ1) is 10.4. The number of benzene rings is 1. The van der Waals surface area contributed by atoms with Crippen molar-refractivity contribution in [3.05, 3.63) is 53.1 Å². The van der Waals surface area contributed by atoms with Crippen molar-refractivity contribution in [1.82, 2.24) is 15.1 Å². The highest BCUT2D eigenvalue weighted by Gasteiger charge is 2.16. The van der Waals surface area contributed by atoms with E-state index in [0.717, 1.165) is 5.69 Å². The largest absolute Gasteiger partial charge is 0.387 e. The maximum Gasteiger partial charge on any atom is 0.269 e. The number of nitrogens with one attached hydrogen (secondary N) is 1. The first-order valence-electron chi connectivity index (χ1n) is 7.14. The summed E-state index contributed by atoms with van der Waals surface area (Å²) in [7, 11) is 1.70. The van der Waals surface area contributed by atoms with Gasteiger partial charge in [-0.1, -0.05) is 26.0 Å². The van der Waals surface area contributed by atoms with Crippen LogP contribution in [0.2, 0.25) is 0 Å². The number of aryl methyl sites for hydroxylation is 1. The van der Waals surface area contributed by atoms with Crippen molar-refractivity contribution in [2.24, 2.45) is 7.05 Å². The topological polar surface area (TPSA) is 67.2 Å². The lowest BCUT2D eigenvalue weighted by molar-refractivity contribution is 0.0907. The molecule has 0 saturated carbocycles. The van der Waals surface area contributed by atoms with Crippen LogP contribution >= 0.6 is 0 Å². The van der Waals surface area contributed by atoms with Gasteiger partial charge in [0.25, 0.3) is 5.91 Å². The van der Waals surface area contributed by atoms with Gasteiger partial charge in [-0.15, -0.1) is 0 Å². The summed E-state index contributed by atoms with van der Waals surface area (Å²) in [5.41, 5.74) is 1.68. The molecule has 0 aliphatic heterocycles. The molecule has 0 aliphatic carbocycles. The zero-order valence-corrected chi connectivity index (χ0v) is 12.9. The van der Waals surface area contributed by atoms with E-state index in [1.165, 1.54) is 22.9 Å². The van der Waals surface area contributed by atoms with Crippen LogP contribution in [0.5, 0.6) is 0 Å². The number of carbonyl (C=O) groups is 1. The third-order valence-corrected chi connectivity index (χ3v) is 3.41. The molecule has 0 saturated heterocycles. The predicted octanol–water partition coefficient (Wildman–Crippen LogP) is 2.15. The van der Waals surface area contributed by atoms with E-state index in [1.807, 2.05) is 13.8 Å². The molecular weight excluding hydrogens is 285 g/mol. The number of aromatic nitrogens is 2. The van der Waals surface area contributed by atoms with Crippen molar-refractivity contribution in [3.63, 3.8) is 0 Å². The maximum absolute atomic E-state index is 13.1. The summed E-state index contributed by atoms with van der Waals surface area (Å²) in [6.07, 6.45) is -0.961. The Morgan fingerprint density at radius 1 is 1.41 bits per heavy atom. The molecule has 6 heteroatoms. The maximum atomic E-state index is 13.1. The van der Waals surface area contributed by atoms with E-state index in [2.05, 4.69) is 10.4 Å². The van der Waals surface area contributed by atoms with Gasteiger partial charge in [-0.05, 0) is 29.7 Å². The predicted molar refractivity (Wildman–Crippen MR) is 81.0 cm³/mol. The van der Waals surface area contributed by atoms with E-state index < -0.39 is 11.9 Å². The van der Waals surface area contributed by atoms with Gasteiger partial charge in [0.2, 0.25) is 0 Å². The minimum absolute atomic E-state index is 0.00444. The van der Waals surface area contributed by atoms with Crippen LogP contribution in [-0.4, -0.2) is 27.3 Å². The quantitative estimate of drug-likeness (QED) is 0.889. The van der Waals surface area contributed by atoms with Crippen molar-refractivity contribution in [1.29, 1.82) is 0 Å². The monoisotopic (exact) mass is 305 g/mol. The Labute approximate surface area is 128 Å². The van der Waals surface area contributed by atoms with E-state index in [9.17, 15) is 14.3 Å². The Hall–Kier alpha value is -2.21. The Morgan fingerprint density at radius 2 is 2.14 bits per heavy atom. The van der Waals surface area contributed by atoms with E-state index in [1.54, 1.807) is 19.2 Å². The molecular formula is C16H20FN3O2. The van der Waals surface area contributed by atoms with Crippen molar-refractivity contribution >= 4 is 5.91 Å². The van der Waals surface area contributed by atoms with Crippen LogP contribution in [0.1, 0.15) is 47.6 Å². The summed E-state index contributed by atoms with van der Waals surface area (Å²) in [6.45, 7) is 4.00. The first-order valence-corrected chi connectivity index (χ1v) is 7.14. The highest BCUT2D eigenvalue weighted by atomic mass is 19.1. The summed E-state index contributed by atoms with van der Waals surface area (Å²) in [4.78, 5) is 12.1. The summed E-state index contributed by atoms with van der Waals surface area (Å²) >= 11 is 0. The molecule has 1 atom stereocenters. The van der Waals surface area contributed by atoms with E-state index in [4.69, 9.17) is 0 Å². The number of amides is 1. The van der Waals surface area contributed by atoms with E-state index in [-0.39, 0.29) is 18.4 Å². The van der Waals surface area contributed by atoms with Gasteiger partial charge in [-0.2, -0.15) is 5.10 Å². The minimum Gasteiger partial charge on any atom is -0.387 e. The number of nitrogens with zero attached hydrogens (tertiary/aromatic N) is 2. The SMILES string of the molecule is CC(C)c1cc(C(=O)NCC(O)c2cccc(F)c2)n(C)n1. The average Bonchev–Trinajstić information content (AvgIpc) is 2.86. The number of hydrogen-bond donors (Lipinski definition) is 2. The molecule has 1 amide bonds. The molecule has 1 aromatic carbocycles. The number of aliphatic hydroxyl groups is 1. The van der Waals surface area contributed by atoms with Gasteiger partial charge in [-0.3, -0.25) is 9.48 Å². The molecule has 22 heavy (non-hydrogen) atoms. The van der Waals surface area contributed by atoms with Crippen molar-refractivity contribution in [2.75, 3.05) is 6.54 Å². The molecule has 118 valence electrons. The Bertz CT molecular complexity index is 667. The molecule has 0 bridgehead atoms. The van der Waals surface area contributed by atoms with E-state index in [0.29, 0.717) is 11.3 Å². The van der Waals surface area contributed by atoms with Crippen LogP contribution in [0, 0.1) is 5.82 Å². The smallest absolute Gasteiger partial charge is 0.269 e. The van der Waals surface area contributed by atoms with Gasteiger partial charge >= 0.3 is 0 Å². The van der Waals surface area contributed by atoms with Crippen molar-refractivity contribution < 1.29 is 14.3 Å². The fourth-order valence-electron chi connectivity index (χ4n) is 2.10. The lowest BCUT2D eigenvalue weighted by Gasteiger charge is -2.12. The Morgan fingerprint density at radius 3 is 2.73 bits per heavy atom. The highest BCUT2D eigenvalue weighted by molar-refractivity contribution is 5.92. The lowest BCUT2D eigenvalue weighted by atomic mass is 10.1. The zero-order chi connectivity index (χ0) is 16.3. The summed E-state index contributed by atoms with van der Waals surface area (Å²) < 4.78 is 14.6. The molecule has 0 spiro atoms. The molecule has 2 rings (SSSR count).